The summed E-state index contributed by atoms with van der Waals surface area (Å²) in [6, 6.07) is 21.0. The third kappa shape index (κ3) is 7.15. The van der Waals surface area contributed by atoms with Gasteiger partial charge in [0.25, 0.3) is 0 Å². The minimum Gasteiger partial charge on any atom is -0.493 e. The van der Waals surface area contributed by atoms with Gasteiger partial charge in [0, 0.05) is 40.8 Å². The molecule has 2 amide bonds. The molecule has 1 aliphatic heterocycles. The fourth-order valence-corrected chi connectivity index (χ4v) is 5.83. The summed E-state index contributed by atoms with van der Waals surface area (Å²) in [6.07, 6.45) is 4.01. The second-order valence-electron chi connectivity index (χ2n) is 10.4. The van der Waals surface area contributed by atoms with E-state index in [9.17, 15) is 4.79 Å². The van der Waals surface area contributed by atoms with E-state index in [1.54, 1.807) is 14.2 Å². The number of fused-ring (bicyclic) bond motifs is 1. The Balaban J connectivity index is 1.32. The highest BCUT2D eigenvalue weighted by atomic mass is 32.2. The molecule has 4 aromatic rings. The summed E-state index contributed by atoms with van der Waals surface area (Å²) < 4.78 is 16.9. The molecule has 0 saturated heterocycles. The van der Waals surface area contributed by atoms with Crippen LogP contribution in [0.25, 0.3) is 10.9 Å². The average Bonchev–Trinajstić information content (AvgIpc) is 3.01. The van der Waals surface area contributed by atoms with Crippen LogP contribution in [0.15, 0.2) is 99.7 Å². The number of ether oxygens (including phenoxy) is 3. The van der Waals surface area contributed by atoms with Crippen LogP contribution in [0.4, 0.5) is 10.5 Å². The number of amides is 2. The molecule has 222 valence electrons. The maximum Gasteiger partial charge on any atom is 0.323 e. The molecule has 1 unspecified atom stereocenters. The van der Waals surface area contributed by atoms with E-state index in [-0.39, 0.29) is 12.1 Å². The zero-order valence-electron chi connectivity index (χ0n) is 24.9. The number of aliphatic imine (C=N–C) groups is 1. The number of rotatable bonds is 10. The van der Waals surface area contributed by atoms with Gasteiger partial charge in [-0.25, -0.2) is 14.8 Å². The Morgan fingerprint density at radius 2 is 1.74 bits per heavy atom. The topological polar surface area (TPSA) is 107 Å². The number of benzene rings is 3. The first-order valence-electron chi connectivity index (χ1n) is 14.0. The first-order valence-corrected chi connectivity index (χ1v) is 14.8. The highest BCUT2D eigenvalue weighted by molar-refractivity contribution is 7.99. The predicted octanol–water partition coefficient (Wildman–Crippen LogP) is 7.20. The number of hydrogen-bond acceptors (Lipinski definition) is 8. The summed E-state index contributed by atoms with van der Waals surface area (Å²) in [5, 5.41) is 7.62. The Morgan fingerprint density at radius 1 is 0.977 bits per heavy atom. The number of dihydropyridines is 1. The normalized spacial score (nSPS) is 15.0. The molecular formula is C33H35N5O4S. The first kappa shape index (κ1) is 30.1. The van der Waals surface area contributed by atoms with Crippen molar-refractivity contribution >= 4 is 40.1 Å². The minimum absolute atomic E-state index is 0.128. The van der Waals surface area contributed by atoms with Crippen LogP contribution in [-0.4, -0.2) is 48.1 Å². The Morgan fingerprint density at radius 3 is 2.49 bits per heavy atom. The molecule has 9 nitrogen and oxygen atoms in total. The number of nitrogens with zero attached hydrogens (tertiary/aromatic N) is 3. The smallest absolute Gasteiger partial charge is 0.323 e. The van der Waals surface area contributed by atoms with Crippen LogP contribution in [0, 0.1) is 0 Å². The fraction of sp³-hybridized carbons (Fsp3) is 0.273. The van der Waals surface area contributed by atoms with Crippen LogP contribution in [0.2, 0.25) is 0 Å². The van der Waals surface area contributed by atoms with Crippen molar-refractivity contribution in [2.75, 3.05) is 26.1 Å². The average molecular weight is 598 g/mol. The lowest BCUT2D eigenvalue weighted by Gasteiger charge is -2.30. The number of urea groups is 1. The van der Waals surface area contributed by atoms with Crippen molar-refractivity contribution in [2.24, 2.45) is 4.99 Å². The molecule has 0 aliphatic carbocycles. The molecule has 1 atom stereocenters. The zero-order valence-corrected chi connectivity index (χ0v) is 25.7. The lowest BCUT2D eigenvalue weighted by molar-refractivity contribution is 0.0442. The van der Waals surface area contributed by atoms with Crippen LogP contribution >= 0.6 is 11.8 Å². The van der Waals surface area contributed by atoms with Crippen molar-refractivity contribution in [3.63, 3.8) is 0 Å². The van der Waals surface area contributed by atoms with Gasteiger partial charge in [0.15, 0.2) is 11.5 Å². The van der Waals surface area contributed by atoms with Crippen molar-refractivity contribution in [1.29, 1.82) is 0 Å². The Bertz CT molecular complexity index is 1670. The van der Waals surface area contributed by atoms with Gasteiger partial charge in [0.05, 0.1) is 31.5 Å². The number of nitrogens with one attached hydrogen (secondary N) is 2. The number of anilines is 1. The van der Waals surface area contributed by atoms with E-state index >= 15 is 0 Å². The van der Waals surface area contributed by atoms with Crippen molar-refractivity contribution < 1.29 is 19.0 Å². The molecule has 1 aliphatic rings. The van der Waals surface area contributed by atoms with Crippen LogP contribution in [0.1, 0.15) is 38.8 Å². The van der Waals surface area contributed by atoms with Gasteiger partial charge in [0.2, 0.25) is 0 Å². The highest BCUT2D eigenvalue weighted by Gasteiger charge is 2.29. The van der Waals surface area contributed by atoms with Crippen molar-refractivity contribution in [2.45, 2.75) is 48.8 Å². The molecule has 2 heterocycles. The Kier molecular flexibility index (Phi) is 9.27. The summed E-state index contributed by atoms with van der Waals surface area (Å²) in [5.41, 5.74) is 3.44. The predicted molar refractivity (Wildman–Crippen MR) is 170 cm³/mol. The van der Waals surface area contributed by atoms with Crippen molar-refractivity contribution in [3.8, 4) is 11.5 Å². The zero-order chi connectivity index (χ0) is 30.4. The largest absolute Gasteiger partial charge is 0.493 e. The van der Waals surface area contributed by atoms with Gasteiger partial charge in [0.1, 0.15) is 17.0 Å². The second-order valence-corrected chi connectivity index (χ2v) is 11.4. The number of aromatic nitrogens is 2. The summed E-state index contributed by atoms with van der Waals surface area (Å²) >= 11 is 1.47. The monoisotopic (exact) mass is 597 g/mol. The van der Waals surface area contributed by atoms with Gasteiger partial charge in [-0.05, 0) is 56.7 Å². The summed E-state index contributed by atoms with van der Waals surface area (Å²) in [7, 11) is 3.19. The van der Waals surface area contributed by atoms with E-state index in [2.05, 4.69) is 32.7 Å². The molecule has 1 aromatic heterocycles. The van der Waals surface area contributed by atoms with Crippen LogP contribution in [0.3, 0.4) is 0 Å². The van der Waals surface area contributed by atoms with Gasteiger partial charge >= 0.3 is 6.03 Å². The van der Waals surface area contributed by atoms with Gasteiger partial charge in [-0.15, -0.1) is 0 Å². The van der Waals surface area contributed by atoms with E-state index < -0.39 is 5.60 Å². The fourth-order valence-electron chi connectivity index (χ4n) is 4.90. The van der Waals surface area contributed by atoms with E-state index in [1.807, 2.05) is 81.4 Å². The van der Waals surface area contributed by atoms with Gasteiger partial charge in [-0.2, -0.15) is 0 Å². The Hall–Kier alpha value is -4.41. The molecule has 3 aromatic carbocycles. The van der Waals surface area contributed by atoms with E-state index in [0.29, 0.717) is 30.2 Å². The van der Waals surface area contributed by atoms with Gasteiger partial charge < -0.3 is 24.8 Å². The molecule has 0 bridgehead atoms. The lowest BCUT2D eigenvalue weighted by atomic mass is 9.93. The van der Waals surface area contributed by atoms with Gasteiger partial charge in [-0.3, -0.25) is 4.99 Å². The molecule has 2 N–H and O–H groups in total. The molecule has 5 rings (SSSR count). The summed E-state index contributed by atoms with van der Waals surface area (Å²) in [6.45, 7) is 6.50. The molecule has 0 saturated carbocycles. The number of hydrogen-bond donors (Lipinski definition) is 2. The lowest BCUT2D eigenvalue weighted by Crippen LogP contribution is -2.38. The maximum absolute atomic E-state index is 13.2. The number of carbonyl (C=O) groups is 1. The maximum atomic E-state index is 13.2. The molecule has 0 radical (unpaired) electrons. The van der Waals surface area contributed by atoms with Crippen molar-refractivity contribution in [3.05, 3.63) is 90.4 Å². The van der Waals surface area contributed by atoms with Crippen molar-refractivity contribution in [1.82, 2.24) is 15.3 Å². The first-order chi connectivity index (χ1) is 20.8. The van der Waals surface area contributed by atoms with Crippen LogP contribution < -0.4 is 20.1 Å². The SMILES string of the molecule is CCOC(C)(C)C1=NC(c2ccccc2)CC(NC(=O)Nc2cccc(Sc3ncnc4cc(OC)c(OC)cc34)c2)=C1. The second kappa shape index (κ2) is 13.3. The number of methoxy groups -OCH3 is 2. The Labute approximate surface area is 255 Å². The molecule has 0 fully saturated rings. The molecule has 0 spiro atoms. The van der Waals surface area contributed by atoms with Crippen LogP contribution in [-0.2, 0) is 4.74 Å². The highest BCUT2D eigenvalue weighted by Crippen LogP contribution is 2.37. The standard InChI is InChI=1S/C33H35N5O4S/c1-6-42-33(2,3)30-17-23(16-26(38-30)21-11-8-7-9-12-21)37-32(39)36-22-13-10-14-24(15-22)43-31-25-18-28(40-4)29(41-5)19-27(25)34-20-35-31/h7-15,17-20,26H,6,16H2,1-5H3,(H2,36,37,39). The van der Waals surface area contributed by atoms with Gasteiger partial charge in [-0.1, -0.05) is 48.2 Å². The van der Waals surface area contributed by atoms with E-state index in [1.165, 1.54) is 18.1 Å². The quantitative estimate of drug-likeness (QED) is 0.186. The molecule has 43 heavy (non-hydrogen) atoms. The van der Waals surface area contributed by atoms with E-state index in [0.717, 1.165) is 37.8 Å². The number of carbonyl (C=O) groups excluding carboxylic acids is 1. The van der Waals surface area contributed by atoms with Crippen LogP contribution in [0.5, 0.6) is 11.5 Å². The third-order valence-electron chi connectivity index (χ3n) is 7.01. The summed E-state index contributed by atoms with van der Waals surface area (Å²) in [5.74, 6) is 1.20. The molecular weight excluding hydrogens is 562 g/mol. The van der Waals surface area contributed by atoms with E-state index in [4.69, 9.17) is 19.2 Å². The summed E-state index contributed by atoms with van der Waals surface area (Å²) in [4.78, 5) is 28.0. The molecule has 10 heteroatoms. The minimum atomic E-state index is -0.600. The third-order valence-corrected chi connectivity index (χ3v) is 8.02.